The van der Waals surface area contributed by atoms with Crippen molar-refractivity contribution in [2.45, 2.75) is 13.5 Å². The third-order valence-corrected chi connectivity index (χ3v) is 3.06. The number of hydrogen-bond donors (Lipinski definition) is 0. The van der Waals surface area contributed by atoms with Crippen molar-refractivity contribution < 1.29 is 14.3 Å². The first-order valence-corrected chi connectivity index (χ1v) is 6.50. The Hall–Kier alpha value is -1.42. The summed E-state index contributed by atoms with van der Waals surface area (Å²) in [5.74, 6) is 1.46. The molecule has 1 aromatic carbocycles. The monoisotopic (exact) mass is 269 g/mol. The fraction of sp³-hybridized carbons (Fsp3) is 0.462. The van der Waals surface area contributed by atoms with Crippen LogP contribution in [0.25, 0.3) is 0 Å². The van der Waals surface area contributed by atoms with Crippen LogP contribution in [0, 0.1) is 0 Å². The molecule has 0 aliphatic carbocycles. The Morgan fingerprint density at radius 2 is 2.06 bits per heavy atom. The van der Waals surface area contributed by atoms with E-state index in [0.717, 1.165) is 17.1 Å². The van der Waals surface area contributed by atoms with E-state index in [1.165, 1.54) is 0 Å². The Balaban J connectivity index is 2.11. The second kappa shape index (κ2) is 5.96. The van der Waals surface area contributed by atoms with E-state index in [1.54, 1.807) is 4.90 Å². The Kier molecular flexibility index (Phi) is 4.31. The summed E-state index contributed by atoms with van der Waals surface area (Å²) in [5, 5.41) is 0. The normalized spacial score (nSPS) is 13.2. The van der Waals surface area contributed by atoms with Crippen molar-refractivity contribution in [3.8, 4) is 11.5 Å². The van der Waals surface area contributed by atoms with Crippen molar-refractivity contribution in [1.82, 2.24) is 4.90 Å². The summed E-state index contributed by atoms with van der Waals surface area (Å²) in [5.41, 5.74) is 1.01. The number of nitrogens with zero attached hydrogens (tertiary/aromatic N) is 1. The molecule has 98 valence electrons. The van der Waals surface area contributed by atoms with Crippen molar-refractivity contribution in [2.75, 3.05) is 25.6 Å². The standard InChI is InChI=1S/C13H16ClNO3/c1-2-15(13(16)8-14)9-10-3-4-11-12(7-10)18-6-5-17-11/h3-4,7H,2,5-6,8-9H2,1H3. The highest BCUT2D eigenvalue weighted by Gasteiger charge is 2.15. The quantitative estimate of drug-likeness (QED) is 0.786. The Morgan fingerprint density at radius 3 is 2.72 bits per heavy atom. The van der Waals surface area contributed by atoms with E-state index in [2.05, 4.69) is 0 Å². The molecule has 1 amide bonds. The van der Waals surface area contributed by atoms with Crippen molar-refractivity contribution in [3.05, 3.63) is 23.8 Å². The van der Waals surface area contributed by atoms with Crippen molar-refractivity contribution in [2.24, 2.45) is 0 Å². The van der Waals surface area contributed by atoms with E-state index < -0.39 is 0 Å². The average Bonchev–Trinajstić information content (AvgIpc) is 2.43. The van der Waals surface area contributed by atoms with Gasteiger partial charge in [-0.2, -0.15) is 0 Å². The number of fused-ring (bicyclic) bond motifs is 1. The van der Waals surface area contributed by atoms with Crippen LogP contribution in [-0.4, -0.2) is 36.4 Å². The van der Waals surface area contributed by atoms with Crippen LogP contribution in [0.4, 0.5) is 0 Å². The van der Waals surface area contributed by atoms with Gasteiger partial charge in [0, 0.05) is 13.1 Å². The van der Waals surface area contributed by atoms with Gasteiger partial charge in [-0.1, -0.05) is 6.07 Å². The third-order valence-electron chi connectivity index (χ3n) is 2.83. The highest BCUT2D eigenvalue weighted by molar-refractivity contribution is 6.27. The molecule has 1 aliphatic rings. The van der Waals surface area contributed by atoms with Gasteiger partial charge < -0.3 is 14.4 Å². The summed E-state index contributed by atoms with van der Waals surface area (Å²) in [6.45, 7) is 4.26. The van der Waals surface area contributed by atoms with Crippen LogP contribution in [0.3, 0.4) is 0 Å². The molecule has 1 aromatic rings. The van der Waals surface area contributed by atoms with E-state index in [-0.39, 0.29) is 11.8 Å². The number of rotatable bonds is 4. The van der Waals surface area contributed by atoms with Crippen molar-refractivity contribution in [1.29, 1.82) is 0 Å². The van der Waals surface area contributed by atoms with Gasteiger partial charge in [0.2, 0.25) is 5.91 Å². The molecule has 5 heteroatoms. The fourth-order valence-corrected chi connectivity index (χ4v) is 2.04. The number of carbonyl (C=O) groups is 1. The molecule has 0 atom stereocenters. The van der Waals surface area contributed by atoms with E-state index in [4.69, 9.17) is 21.1 Å². The maximum Gasteiger partial charge on any atom is 0.237 e. The molecule has 0 saturated heterocycles. The minimum absolute atomic E-state index is 0.0123. The molecule has 1 heterocycles. The number of benzene rings is 1. The maximum atomic E-state index is 11.6. The highest BCUT2D eigenvalue weighted by Crippen LogP contribution is 2.31. The van der Waals surface area contributed by atoms with E-state index >= 15 is 0 Å². The minimum atomic E-state index is -0.0611. The molecular formula is C13H16ClNO3. The number of alkyl halides is 1. The summed E-state index contributed by atoms with van der Waals surface area (Å²) in [7, 11) is 0. The largest absolute Gasteiger partial charge is 0.486 e. The molecule has 18 heavy (non-hydrogen) atoms. The Labute approximate surface area is 111 Å². The van der Waals surface area contributed by atoms with Gasteiger partial charge in [-0.25, -0.2) is 0 Å². The lowest BCUT2D eigenvalue weighted by Gasteiger charge is -2.22. The zero-order chi connectivity index (χ0) is 13.0. The van der Waals surface area contributed by atoms with Gasteiger partial charge in [-0.3, -0.25) is 4.79 Å². The van der Waals surface area contributed by atoms with Crippen LogP contribution in [0.5, 0.6) is 11.5 Å². The zero-order valence-electron chi connectivity index (χ0n) is 10.3. The lowest BCUT2D eigenvalue weighted by atomic mass is 10.2. The average molecular weight is 270 g/mol. The molecule has 0 spiro atoms. The van der Waals surface area contributed by atoms with E-state index in [9.17, 15) is 4.79 Å². The van der Waals surface area contributed by atoms with Crippen LogP contribution in [0.15, 0.2) is 18.2 Å². The maximum absolute atomic E-state index is 11.6. The van der Waals surface area contributed by atoms with Gasteiger partial charge in [0.15, 0.2) is 11.5 Å². The van der Waals surface area contributed by atoms with E-state index in [0.29, 0.717) is 26.3 Å². The smallest absolute Gasteiger partial charge is 0.237 e. The summed E-state index contributed by atoms with van der Waals surface area (Å²) in [6.07, 6.45) is 0. The van der Waals surface area contributed by atoms with Crippen LogP contribution in [-0.2, 0) is 11.3 Å². The number of hydrogen-bond acceptors (Lipinski definition) is 3. The SMILES string of the molecule is CCN(Cc1ccc2c(c1)OCCO2)C(=O)CCl. The summed E-state index contributed by atoms with van der Waals surface area (Å²) in [6, 6.07) is 5.74. The Morgan fingerprint density at radius 1 is 1.33 bits per heavy atom. The van der Waals surface area contributed by atoms with Gasteiger partial charge in [-0.05, 0) is 24.6 Å². The molecule has 0 saturated carbocycles. The lowest BCUT2D eigenvalue weighted by Crippen LogP contribution is -2.31. The summed E-state index contributed by atoms with van der Waals surface area (Å²) < 4.78 is 11.0. The molecule has 1 aliphatic heterocycles. The first-order chi connectivity index (χ1) is 8.74. The topological polar surface area (TPSA) is 38.8 Å². The predicted octanol–water partition coefficient (Wildman–Crippen LogP) is 2.05. The van der Waals surface area contributed by atoms with Crippen molar-refractivity contribution >= 4 is 17.5 Å². The predicted molar refractivity (Wildman–Crippen MR) is 69.2 cm³/mol. The number of halogens is 1. The molecule has 0 radical (unpaired) electrons. The molecular weight excluding hydrogens is 254 g/mol. The number of ether oxygens (including phenoxy) is 2. The highest BCUT2D eigenvalue weighted by atomic mass is 35.5. The number of carbonyl (C=O) groups excluding carboxylic acids is 1. The Bertz CT molecular complexity index is 436. The first-order valence-electron chi connectivity index (χ1n) is 5.97. The van der Waals surface area contributed by atoms with Gasteiger partial charge in [-0.15, -0.1) is 11.6 Å². The van der Waals surface area contributed by atoms with Crippen molar-refractivity contribution in [3.63, 3.8) is 0 Å². The van der Waals surface area contributed by atoms with Crippen LogP contribution in [0.1, 0.15) is 12.5 Å². The summed E-state index contributed by atoms with van der Waals surface area (Å²) >= 11 is 5.57. The van der Waals surface area contributed by atoms with Gasteiger partial charge in [0.1, 0.15) is 19.1 Å². The second-order valence-electron chi connectivity index (χ2n) is 4.02. The first kappa shape index (κ1) is 13.0. The molecule has 0 N–H and O–H groups in total. The molecule has 0 fully saturated rings. The molecule has 4 nitrogen and oxygen atoms in total. The summed E-state index contributed by atoms with van der Waals surface area (Å²) in [4.78, 5) is 13.3. The zero-order valence-corrected chi connectivity index (χ0v) is 11.1. The van der Waals surface area contributed by atoms with Crippen LogP contribution in [0.2, 0.25) is 0 Å². The third kappa shape index (κ3) is 2.88. The fourth-order valence-electron chi connectivity index (χ4n) is 1.87. The lowest BCUT2D eigenvalue weighted by molar-refractivity contribution is -0.128. The molecule has 0 unspecified atom stereocenters. The van der Waals surface area contributed by atoms with Gasteiger partial charge in [0.05, 0.1) is 0 Å². The van der Waals surface area contributed by atoms with Gasteiger partial charge >= 0.3 is 0 Å². The molecule has 0 aromatic heterocycles. The number of amides is 1. The molecule has 2 rings (SSSR count). The van der Waals surface area contributed by atoms with Crippen LogP contribution < -0.4 is 9.47 Å². The molecule has 0 bridgehead atoms. The van der Waals surface area contributed by atoms with Gasteiger partial charge in [0.25, 0.3) is 0 Å². The minimum Gasteiger partial charge on any atom is -0.486 e. The van der Waals surface area contributed by atoms with E-state index in [1.807, 2.05) is 25.1 Å². The van der Waals surface area contributed by atoms with Crippen LogP contribution >= 0.6 is 11.6 Å². The second-order valence-corrected chi connectivity index (χ2v) is 4.29.